The van der Waals surface area contributed by atoms with E-state index in [1.54, 1.807) is 36.4 Å². The summed E-state index contributed by atoms with van der Waals surface area (Å²) >= 11 is 3.40. The first-order chi connectivity index (χ1) is 13.5. The van der Waals surface area contributed by atoms with Crippen molar-refractivity contribution in [3.05, 3.63) is 100 Å². The summed E-state index contributed by atoms with van der Waals surface area (Å²) in [6.45, 7) is 0. The Kier molecular flexibility index (Phi) is 5.08. The van der Waals surface area contributed by atoms with Gasteiger partial charge in [-0.15, -0.1) is 0 Å². The predicted molar refractivity (Wildman–Crippen MR) is 111 cm³/mol. The SMILES string of the molecule is O=C1Oc2ccccc2C(c2ccc(Br)cc2)C1S(=O)(=O)Cc1ccccc1. The standard InChI is InChI=1S/C22H17BrO4S/c23-17-12-10-16(11-13-17)20-18-8-4-5-9-19(18)27-22(24)21(20)28(25,26)14-15-6-2-1-3-7-15/h1-13,20-21H,14H2. The molecule has 142 valence electrons. The fourth-order valence-corrected chi connectivity index (χ4v) is 5.73. The van der Waals surface area contributed by atoms with Crippen molar-refractivity contribution in [1.82, 2.24) is 0 Å². The lowest BCUT2D eigenvalue weighted by Gasteiger charge is -2.32. The summed E-state index contributed by atoms with van der Waals surface area (Å²) in [6, 6.07) is 23.4. The van der Waals surface area contributed by atoms with Crippen molar-refractivity contribution >= 4 is 31.7 Å². The van der Waals surface area contributed by atoms with Crippen LogP contribution in [0.15, 0.2) is 83.3 Å². The molecule has 2 atom stereocenters. The number of halogens is 1. The summed E-state index contributed by atoms with van der Waals surface area (Å²) in [5.74, 6) is -1.17. The third-order valence-electron chi connectivity index (χ3n) is 4.83. The molecule has 0 bridgehead atoms. The Hall–Kier alpha value is -2.44. The summed E-state index contributed by atoms with van der Waals surface area (Å²) in [7, 11) is -3.82. The van der Waals surface area contributed by atoms with Gasteiger partial charge in [0.1, 0.15) is 5.75 Å². The van der Waals surface area contributed by atoms with Crippen molar-refractivity contribution in [3.63, 3.8) is 0 Å². The number of para-hydroxylation sites is 1. The van der Waals surface area contributed by atoms with E-state index < -0.39 is 27.0 Å². The van der Waals surface area contributed by atoms with Crippen LogP contribution in [0.25, 0.3) is 0 Å². The number of hydrogen-bond acceptors (Lipinski definition) is 4. The van der Waals surface area contributed by atoms with Gasteiger partial charge in [-0.2, -0.15) is 0 Å². The minimum Gasteiger partial charge on any atom is -0.425 e. The predicted octanol–water partition coefficient (Wildman–Crippen LogP) is 4.48. The van der Waals surface area contributed by atoms with Gasteiger partial charge in [-0.25, -0.2) is 8.42 Å². The smallest absolute Gasteiger partial charge is 0.330 e. The Balaban J connectivity index is 1.84. The van der Waals surface area contributed by atoms with E-state index in [9.17, 15) is 13.2 Å². The molecule has 0 N–H and O–H groups in total. The maximum Gasteiger partial charge on any atom is 0.330 e. The molecule has 0 saturated carbocycles. The van der Waals surface area contributed by atoms with Gasteiger partial charge >= 0.3 is 5.97 Å². The molecule has 1 aliphatic rings. The minimum absolute atomic E-state index is 0.219. The van der Waals surface area contributed by atoms with Crippen LogP contribution in [0.3, 0.4) is 0 Å². The monoisotopic (exact) mass is 456 g/mol. The molecular weight excluding hydrogens is 440 g/mol. The quantitative estimate of drug-likeness (QED) is 0.428. The average molecular weight is 457 g/mol. The highest BCUT2D eigenvalue weighted by molar-refractivity contribution is 9.10. The van der Waals surface area contributed by atoms with Crippen molar-refractivity contribution < 1.29 is 17.9 Å². The van der Waals surface area contributed by atoms with Gasteiger partial charge in [0.15, 0.2) is 15.1 Å². The maximum atomic E-state index is 13.3. The Morgan fingerprint density at radius 1 is 0.857 bits per heavy atom. The zero-order valence-corrected chi connectivity index (χ0v) is 17.2. The second-order valence-electron chi connectivity index (χ2n) is 6.70. The summed E-state index contributed by atoms with van der Waals surface area (Å²) in [6.07, 6.45) is 0. The summed E-state index contributed by atoms with van der Waals surface area (Å²) in [5, 5.41) is -1.30. The van der Waals surface area contributed by atoms with E-state index in [1.807, 2.05) is 42.5 Å². The van der Waals surface area contributed by atoms with Crippen LogP contribution in [-0.2, 0) is 20.4 Å². The number of carbonyl (C=O) groups excluding carboxylic acids is 1. The van der Waals surface area contributed by atoms with Gasteiger partial charge in [0.25, 0.3) is 0 Å². The molecule has 0 aliphatic carbocycles. The number of sulfone groups is 1. The Morgan fingerprint density at radius 3 is 2.21 bits per heavy atom. The zero-order valence-electron chi connectivity index (χ0n) is 14.8. The van der Waals surface area contributed by atoms with Gasteiger partial charge < -0.3 is 4.74 Å². The number of carbonyl (C=O) groups is 1. The van der Waals surface area contributed by atoms with Crippen molar-refractivity contribution in [2.24, 2.45) is 0 Å². The molecule has 0 aromatic heterocycles. The van der Waals surface area contributed by atoms with Crippen molar-refractivity contribution in [2.45, 2.75) is 16.9 Å². The van der Waals surface area contributed by atoms with Crippen LogP contribution in [0.1, 0.15) is 22.6 Å². The number of rotatable bonds is 4. The Labute approximate surface area is 172 Å². The first-order valence-electron chi connectivity index (χ1n) is 8.77. The van der Waals surface area contributed by atoms with Crippen molar-refractivity contribution in [1.29, 1.82) is 0 Å². The fraction of sp³-hybridized carbons (Fsp3) is 0.136. The van der Waals surface area contributed by atoms with Gasteiger partial charge in [-0.1, -0.05) is 76.6 Å². The molecule has 0 amide bonds. The molecule has 0 saturated heterocycles. The molecular formula is C22H17BrO4S. The highest BCUT2D eigenvalue weighted by Gasteiger charge is 2.46. The molecule has 0 spiro atoms. The number of benzene rings is 3. The van der Waals surface area contributed by atoms with Gasteiger partial charge in [0.05, 0.1) is 5.75 Å². The second-order valence-corrected chi connectivity index (χ2v) is 9.74. The topological polar surface area (TPSA) is 60.4 Å². The van der Waals surface area contributed by atoms with Crippen LogP contribution in [0.5, 0.6) is 5.75 Å². The number of hydrogen-bond donors (Lipinski definition) is 0. The second kappa shape index (κ2) is 7.53. The lowest BCUT2D eigenvalue weighted by molar-refractivity contribution is -0.135. The van der Waals surface area contributed by atoms with Crippen LogP contribution >= 0.6 is 15.9 Å². The summed E-state index contributed by atoms with van der Waals surface area (Å²) in [4.78, 5) is 12.8. The Bertz CT molecular complexity index is 1110. The summed E-state index contributed by atoms with van der Waals surface area (Å²) in [5.41, 5.74) is 2.10. The zero-order chi connectivity index (χ0) is 19.7. The van der Waals surface area contributed by atoms with E-state index in [-0.39, 0.29) is 5.75 Å². The normalized spacial score (nSPS) is 19.0. The van der Waals surface area contributed by atoms with E-state index >= 15 is 0 Å². The molecule has 4 rings (SSSR count). The molecule has 2 unspecified atom stereocenters. The van der Waals surface area contributed by atoms with E-state index in [0.717, 1.165) is 10.0 Å². The van der Waals surface area contributed by atoms with E-state index in [4.69, 9.17) is 4.74 Å². The van der Waals surface area contributed by atoms with Crippen LogP contribution < -0.4 is 4.74 Å². The third-order valence-corrected chi connectivity index (χ3v) is 7.33. The highest BCUT2D eigenvalue weighted by atomic mass is 79.9. The molecule has 4 nitrogen and oxygen atoms in total. The van der Waals surface area contributed by atoms with Crippen LogP contribution in [0.2, 0.25) is 0 Å². The first kappa shape index (κ1) is 18.9. The molecule has 3 aromatic carbocycles. The Morgan fingerprint density at radius 2 is 1.50 bits per heavy atom. The first-order valence-corrected chi connectivity index (χ1v) is 11.3. The largest absolute Gasteiger partial charge is 0.425 e. The fourth-order valence-electron chi connectivity index (χ4n) is 3.57. The van der Waals surface area contributed by atoms with Gasteiger partial charge in [-0.05, 0) is 29.3 Å². The van der Waals surface area contributed by atoms with Gasteiger partial charge in [-0.3, -0.25) is 4.79 Å². The molecule has 0 radical (unpaired) electrons. The molecule has 1 aliphatic heterocycles. The highest BCUT2D eigenvalue weighted by Crippen LogP contribution is 2.42. The molecule has 0 fully saturated rings. The minimum atomic E-state index is -3.82. The van der Waals surface area contributed by atoms with Gasteiger partial charge in [0, 0.05) is 16.0 Å². The lowest BCUT2D eigenvalue weighted by Crippen LogP contribution is -2.43. The van der Waals surface area contributed by atoms with E-state index in [0.29, 0.717) is 16.9 Å². The number of esters is 1. The summed E-state index contributed by atoms with van der Waals surface area (Å²) < 4.78 is 32.9. The van der Waals surface area contributed by atoms with Crippen LogP contribution in [0.4, 0.5) is 0 Å². The van der Waals surface area contributed by atoms with Crippen LogP contribution in [-0.4, -0.2) is 19.6 Å². The average Bonchev–Trinajstić information content (AvgIpc) is 2.68. The third kappa shape index (κ3) is 3.62. The van der Waals surface area contributed by atoms with Crippen molar-refractivity contribution in [3.8, 4) is 5.75 Å². The van der Waals surface area contributed by atoms with Crippen molar-refractivity contribution in [2.75, 3.05) is 0 Å². The maximum absolute atomic E-state index is 13.3. The lowest BCUT2D eigenvalue weighted by atomic mass is 9.86. The molecule has 3 aromatic rings. The molecule has 1 heterocycles. The number of fused-ring (bicyclic) bond motifs is 1. The molecule has 28 heavy (non-hydrogen) atoms. The van der Waals surface area contributed by atoms with E-state index in [2.05, 4.69) is 15.9 Å². The van der Waals surface area contributed by atoms with E-state index in [1.165, 1.54) is 0 Å². The van der Waals surface area contributed by atoms with Gasteiger partial charge in [0.2, 0.25) is 0 Å². The molecule has 6 heteroatoms. The number of ether oxygens (including phenoxy) is 1. The van der Waals surface area contributed by atoms with Crippen LogP contribution in [0, 0.1) is 0 Å².